The molecule has 8 nitrogen and oxygen atoms in total. The lowest BCUT2D eigenvalue weighted by molar-refractivity contribution is 0.0987. The van der Waals surface area contributed by atoms with Crippen LogP contribution in [0.15, 0.2) is 35.1 Å². The van der Waals surface area contributed by atoms with Gasteiger partial charge in [0.25, 0.3) is 11.7 Å². The first kappa shape index (κ1) is 13.9. The van der Waals surface area contributed by atoms with Gasteiger partial charge in [-0.1, -0.05) is 11.2 Å². The van der Waals surface area contributed by atoms with E-state index in [-0.39, 0.29) is 11.9 Å². The van der Waals surface area contributed by atoms with Crippen molar-refractivity contribution in [2.45, 2.75) is 25.4 Å². The molecule has 0 aromatic carbocycles. The fraction of sp³-hybridized carbons (Fsp3) is 0.333. The summed E-state index contributed by atoms with van der Waals surface area (Å²) in [7, 11) is 0. The molecule has 0 bridgehead atoms. The zero-order chi connectivity index (χ0) is 15.8. The minimum atomic E-state index is -0.675. The number of likely N-dealkylation sites (tertiary alicyclic amines) is 1. The summed E-state index contributed by atoms with van der Waals surface area (Å²) in [5.41, 5.74) is 7.21. The van der Waals surface area contributed by atoms with Crippen LogP contribution in [0.4, 0.5) is 0 Å². The van der Waals surface area contributed by atoms with Crippen LogP contribution in [-0.4, -0.2) is 36.9 Å². The molecular weight excluding hydrogens is 296 g/mol. The van der Waals surface area contributed by atoms with E-state index in [1.807, 2.05) is 30.6 Å². The number of amides is 1. The molecule has 0 unspecified atom stereocenters. The van der Waals surface area contributed by atoms with E-state index in [9.17, 15) is 4.79 Å². The Morgan fingerprint density at radius 3 is 3.17 bits per heavy atom. The number of primary amides is 1. The van der Waals surface area contributed by atoms with Gasteiger partial charge >= 0.3 is 0 Å². The molecule has 118 valence electrons. The summed E-state index contributed by atoms with van der Waals surface area (Å²) in [5, 5.41) is 3.64. The highest BCUT2D eigenvalue weighted by Gasteiger charge is 2.31. The number of carbonyl (C=O) groups excluding carboxylic acids is 1. The predicted octanol–water partition coefficient (Wildman–Crippen LogP) is 1.15. The van der Waals surface area contributed by atoms with Crippen LogP contribution in [0.25, 0.3) is 5.65 Å². The Morgan fingerprint density at radius 2 is 2.35 bits per heavy atom. The van der Waals surface area contributed by atoms with E-state index in [1.54, 1.807) is 0 Å². The lowest BCUT2D eigenvalue weighted by atomic mass is 10.2. The monoisotopic (exact) mass is 312 g/mol. The molecule has 23 heavy (non-hydrogen) atoms. The number of nitrogens with zero attached hydrogens (tertiary/aromatic N) is 5. The van der Waals surface area contributed by atoms with Crippen LogP contribution in [-0.2, 0) is 6.54 Å². The smallest absolute Gasteiger partial charge is 0.290 e. The van der Waals surface area contributed by atoms with Crippen LogP contribution in [0, 0.1) is 0 Å². The van der Waals surface area contributed by atoms with Crippen molar-refractivity contribution in [3.05, 3.63) is 48.0 Å². The average Bonchev–Trinajstić information content (AvgIpc) is 3.26. The Bertz CT molecular complexity index is 854. The number of hydrogen-bond acceptors (Lipinski definition) is 6. The van der Waals surface area contributed by atoms with Crippen molar-refractivity contribution in [3.63, 3.8) is 0 Å². The molecule has 1 aliphatic rings. The van der Waals surface area contributed by atoms with Crippen LogP contribution >= 0.6 is 0 Å². The van der Waals surface area contributed by atoms with Crippen molar-refractivity contribution in [2.75, 3.05) is 6.54 Å². The van der Waals surface area contributed by atoms with Gasteiger partial charge < -0.3 is 14.7 Å². The first-order chi connectivity index (χ1) is 11.2. The maximum Gasteiger partial charge on any atom is 0.290 e. The summed E-state index contributed by atoms with van der Waals surface area (Å²) < 4.78 is 7.29. The number of pyridine rings is 1. The number of fused-ring (bicyclic) bond motifs is 1. The van der Waals surface area contributed by atoms with E-state index in [4.69, 9.17) is 10.3 Å². The number of hydrogen-bond donors (Lipinski definition) is 1. The van der Waals surface area contributed by atoms with Gasteiger partial charge in [0.15, 0.2) is 0 Å². The minimum absolute atomic E-state index is 0.00450. The van der Waals surface area contributed by atoms with Crippen molar-refractivity contribution >= 4 is 11.6 Å². The van der Waals surface area contributed by atoms with Gasteiger partial charge in [-0.05, 0) is 31.5 Å². The molecule has 1 saturated heterocycles. The van der Waals surface area contributed by atoms with E-state index >= 15 is 0 Å². The summed E-state index contributed by atoms with van der Waals surface area (Å²) in [6, 6.07) is 5.93. The molecule has 3 aromatic heterocycles. The summed E-state index contributed by atoms with van der Waals surface area (Å²) in [5.74, 6) is -0.293. The van der Waals surface area contributed by atoms with Gasteiger partial charge in [-0.15, -0.1) is 0 Å². The van der Waals surface area contributed by atoms with Gasteiger partial charge in [-0.25, -0.2) is 4.98 Å². The third-order valence-corrected chi connectivity index (χ3v) is 4.17. The molecule has 8 heteroatoms. The molecule has 0 aliphatic carbocycles. The van der Waals surface area contributed by atoms with Crippen LogP contribution in [0.2, 0.25) is 0 Å². The van der Waals surface area contributed by atoms with Crippen LogP contribution in [0.3, 0.4) is 0 Å². The standard InChI is InChI=1S/C15H16N6O2/c16-13(22)14-18-15(23-19-14)11-4-3-6-20(11)9-10-8-17-12-5-1-2-7-21(10)12/h1-2,5,7-8,11H,3-4,6,9H2,(H2,16,22)/t11-/m0/s1. The first-order valence-corrected chi connectivity index (χ1v) is 7.51. The zero-order valence-corrected chi connectivity index (χ0v) is 12.4. The number of nitrogens with two attached hydrogens (primary N) is 1. The minimum Gasteiger partial charge on any atom is -0.363 e. The number of carbonyl (C=O) groups is 1. The SMILES string of the molecule is NC(=O)c1noc([C@@H]2CCCN2Cc2cnc3ccccn23)n1. The normalized spacial score (nSPS) is 18.7. The number of rotatable bonds is 4. The van der Waals surface area contributed by atoms with E-state index in [1.165, 1.54) is 0 Å². The molecular formula is C15H16N6O2. The lowest BCUT2D eigenvalue weighted by Crippen LogP contribution is -2.24. The van der Waals surface area contributed by atoms with Crippen molar-refractivity contribution in [2.24, 2.45) is 5.73 Å². The highest BCUT2D eigenvalue weighted by atomic mass is 16.5. The summed E-state index contributed by atoms with van der Waals surface area (Å²) in [6.07, 6.45) is 5.83. The molecule has 0 spiro atoms. The second-order valence-electron chi connectivity index (χ2n) is 5.63. The maximum absolute atomic E-state index is 11.1. The maximum atomic E-state index is 11.1. The Labute approximate surface area is 131 Å². The summed E-state index contributed by atoms with van der Waals surface area (Å²) >= 11 is 0. The molecule has 1 aliphatic heterocycles. The highest BCUT2D eigenvalue weighted by Crippen LogP contribution is 2.32. The summed E-state index contributed by atoms with van der Waals surface area (Å²) in [4.78, 5) is 21.9. The van der Waals surface area contributed by atoms with Crippen molar-refractivity contribution in [1.82, 2.24) is 24.4 Å². The molecule has 4 rings (SSSR count). The third-order valence-electron chi connectivity index (χ3n) is 4.17. The molecule has 2 N–H and O–H groups in total. The molecule has 1 atom stereocenters. The van der Waals surface area contributed by atoms with E-state index < -0.39 is 5.91 Å². The van der Waals surface area contributed by atoms with Gasteiger partial charge in [0.1, 0.15) is 5.65 Å². The fourth-order valence-corrected chi connectivity index (χ4v) is 3.08. The first-order valence-electron chi connectivity index (χ1n) is 7.51. The second kappa shape index (κ2) is 5.47. The van der Waals surface area contributed by atoms with Crippen LogP contribution in [0.5, 0.6) is 0 Å². The van der Waals surface area contributed by atoms with Gasteiger partial charge in [-0.2, -0.15) is 4.98 Å². The number of aromatic nitrogens is 4. The molecule has 1 amide bonds. The third kappa shape index (κ3) is 2.46. The topological polar surface area (TPSA) is 103 Å². The molecule has 3 aromatic rings. The quantitative estimate of drug-likeness (QED) is 0.775. The zero-order valence-electron chi connectivity index (χ0n) is 12.4. The second-order valence-corrected chi connectivity index (χ2v) is 5.63. The highest BCUT2D eigenvalue weighted by molar-refractivity contribution is 5.88. The van der Waals surface area contributed by atoms with E-state index in [0.717, 1.165) is 37.3 Å². The Kier molecular flexibility index (Phi) is 3.30. The van der Waals surface area contributed by atoms with Crippen molar-refractivity contribution < 1.29 is 9.32 Å². The van der Waals surface area contributed by atoms with Gasteiger partial charge in [0.2, 0.25) is 5.89 Å². The molecule has 1 fully saturated rings. The Morgan fingerprint density at radius 1 is 1.43 bits per heavy atom. The average molecular weight is 312 g/mol. The number of imidazole rings is 1. The Hall–Kier alpha value is -2.74. The largest absolute Gasteiger partial charge is 0.363 e. The van der Waals surface area contributed by atoms with Gasteiger partial charge in [0, 0.05) is 12.7 Å². The van der Waals surface area contributed by atoms with E-state index in [0.29, 0.717) is 5.89 Å². The Balaban J connectivity index is 1.59. The van der Waals surface area contributed by atoms with Crippen LogP contribution < -0.4 is 5.73 Å². The van der Waals surface area contributed by atoms with Crippen molar-refractivity contribution in [1.29, 1.82) is 0 Å². The van der Waals surface area contributed by atoms with Crippen LogP contribution in [0.1, 0.15) is 41.1 Å². The molecule has 0 saturated carbocycles. The molecule has 0 radical (unpaired) electrons. The van der Waals surface area contributed by atoms with E-state index in [2.05, 4.69) is 24.4 Å². The lowest BCUT2D eigenvalue weighted by Gasteiger charge is -2.20. The van der Waals surface area contributed by atoms with Gasteiger partial charge in [0.05, 0.1) is 17.9 Å². The predicted molar refractivity (Wildman–Crippen MR) is 80.4 cm³/mol. The van der Waals surface area contributed by atoms with Gasteiger partial charge in [-0.3, -0.25) is 9.69 Å². The fourth-order valence-electron chi connectivity index (χ4n) is 3.08. The molecule has 4 heterocycles. The summed E-state index contributed by atoms with van der Waals surface area (Å²) in [6.45, 7) is 1.66. The van der Waals surface area contributed by atoms with Crippen molar-refractivity contribution in [3.8, 4) is 0 Å².